The maximum atomic E-state index is 13.3. The minimum absolute atomic E-state index is 0.0312. The van der Waals surface area contributed by atoms with Gasteiger partial charge in [0.1, 0.15) is 0 Å². The summed E-state index contributed by atoms with van der Waals surface area (Å²) < 4.78 is 0. The highest BCUT2D eigenvalue weighted by molar-refractivity contribution is 7.15. The third-order valence-electron chi connectivity index (χ3n) is 8.68. The molecule has 1 aromatic carbocycles. The molecule has 1 saturated carbocycles. The van der Waals surface area contributed by atoms with Crippen molar-refractivity contribution in [1.82, 2.24) is 9.88 Å². The predicted octanol–water partition coefficient (Wildman–Crippen LogP) is 4.43. The van der Waals surface area contributed by atoms with Crippen molar-refractivity contribution in [1.29, 1.82) is 0 Å². The Morgan fingerprint density at radius 1 is 1.24 bits per heavy atom. The lowest BCUT2D eigenvalue weighted by Crippen LogP contribution is -2.57. The first-order chi connectivity index (χ1) is 16.3. The van der Waals surface area contributed by atoms with E-state index in [2.05, 4.69) is 24.4 Å². The number of aliphatic hydroxyl groups excluding tert-OH is 2. The number of aromatic nitrogens is 1. The summed E-state index contributed by atoms with van der Waals surface area (Å²) in [6, 6.07) is 10.3. The molecule has 1 fully saturated rings. The van der Waals surface area contributed by atoms with Crippen LogP contribution >= 0.6 is 11.3 Å². The topological polar surface area (TPSA) is 85.7 Å². The van der Waals surface area contributed by atoms with Gasteiger partial charge in [-0.05, 0) is 50.0 Å². The van der Waals surface area contributed by atoms with Crippen molar-refractivity contribution in [2.75, 3.05) is 25.0 Å². The highest BCUT2D eigenvalue weighted by Crippen LogP contribution is 2.62. The first-order valence-electron chi connectivity index (χ1n) is 12.6. The molecule has 2 aromatic rings. The summed E-state index contributed by atoms with van der Waals surface area (Å²) in [4.78, 5) is 21.4. The van der Waals surface area contributed by atoms with E-state index in [1.165, 1.54) is 10.4 Å². The van der Waals surface area contributed by atoms with Gasteiger partial charge in [0, 0.05) is 42.3 Å². The monoisotopic (exact) mass is 485 g/mol. The van der Waals surface area contributed by atoms with Crippen LogP contribution in [0, 0.1) is 16.7 Å². The third kappa shape index (κ3) is 4.38. The number of hydrogen-bond acceptors (Lipinski definition) is 6. The zero-order valence-electron chi connectivity index (χ0n) is 20.9. The molecule has 0 aliphatic heterocycles. The van der Waals surface area contributed by atoms with Gasteiger partial charge in [0.25, 0.3) is 0 Å². The molecule has 7 heteroatoms. The van der Waals surface area contributed by atoms with Gasteiger partial charge in [-0.2, -0.15) is 0 Å². The number of hydrogen-bond donors (Lipinski definition) is 3. The van der Waals surface area contributed by atoms with Gasteiger partial charge in [-0.1, -0.05) is 44.2 Å². The molecule has 0 saturated heterocycles. The van der Waals surface area contributed by atoms with E-state index in [1.807, 2.05) is 43.9 Å². The number of amides is 1. The number of nitrogens with zero attached hydrogens (tertiary/aromatic N) is 2. The lowest BCUT2D eigenvalue weighted by molar-refractivity contribution is -0.147. The molecule has 4 rings (SSSR count). The van der Waals surface area contributed by atoms with Crippen molar-refractivity contribution in [2.24, 2.45) is 16.7 Å². The molecular weight excluding hydrogens is 446 g/mol. The summed E-state index contributed by atoms with van der Waals surface area (Å²) in [5, 5.41) is 25.7. The Hall–Kier alpha value is -1.96. The van der Waals surface area contributed by atoms with Crippen molar-refractivity contribution >= 4 is 22.4 Å². The Bertz CT molecular complexity index is 992. The standard InChI is InChI=1S/C27H39N3O3S/c1-5-30(6-2)23(33)14-19-24-20(34-25(29-24)28-16-18-10-8-7-9-11-18)15-21-26(19,3)13-12-22(32)27(21,4)17-31/h7-11,19,21-22,31-32H,5-6,12-17H2,1-4H3,(H,28,29)/t19-,21+,22+,26-,27-/m0/s1. The van der Waals surface area contributed by atoms with E-state index in [0.717, 1.165) is 23.7 Å². The number of anilines is 1. The van der Waals surface area contributed by atoms with Crippen LogP contribution in [0.4, 0.5) is 5.13 Å². The Balaban J connectivity index is 1.70. The molecule has 0 unspecified atom stereocenters. The van der Waals surface area contributed by atoms with Gasteiger partial charge < -0.3 is 20.4 Å². The number of fused-ring (bicyclic) bond motifs is 2. The Labute approximate surface area is 207 Å². The van der Waals surface area contributed by atoms with E-state index < -0.39 is 11.5 Å². The van der Waals surface area contributed by atoms with Crippen LogP contribution in [0.15, 0.2) is 30.3 Å². The molecule has 6 nitrogen and oxygen atoms in total. The lowest BCUT2D eigenvalue weighted by Gasteiger charge is -2.58. The minimum atomic E-state index is -0.594. The second-order valence-electron chi connectivity index (χ2n) is 10.5. The summed E-state index contributed by atoms with van der Waals surface area (Å²) >= 11 is 1.66. The molecule has 5 atom stereocenters. The van der Waals surface area contributed by atoms with Gasteiger partial charge in [-0.3, -0.25) is 4.79 Å². The molecule has 186 valence electrons. The molecule has 1 heterocycles. The van der Waals surface area contributed by atoms with Crippen molar-refractivity contribution < 1.29 is 15.0 Å². The average Bonchev–Trinajstić information content (AvgIpc) is 3.26. The Kier molecular flexibility index (Phi) is 7.36. The highest BCUT2D eigenvalue weighted by atomic mass is 32.1. The summed E-state index contributed by atoms with van der Waals surface area (Å²) in [6.07, 6.45) is 2.12. The number of carbonyl (C=O) groups is 1. The number of nitrogens with one attached hydrogen (secondary N) is 1. The van der Waals surface area contributed by atoms with Gasteiger partial charge >= 0.3 is 0 Å². The minimum Gasteiger partial charge on any atom is -0.396 e. The predicted molar refractivity (Wildman–Crippen MR) is 137 cm³/mol. The summed E-state index contributed by atoms with van der Waals surface area (Å²) in [7, 11) is 0. The van der Waals surface area contributed by atoms with Gasteiger partial charge in [-0.15, -0.1) is 11.3 Å². The van der Waals surface area contributed by atoms with Crippen LogP contribution in [-0.2, 0) is 17.8 Å². The Morgan fingerprint density at radius 2 is 1.94 bits per heavy atom. The fourth-order valence-corrected chi connectivity index (χ4v) is 7.44. The third-order valence-corrected chi connectivity index (χ3v) is 9.73. The average molecular weight is 486 g/mol. The van der Waals surface area contributed by atoms with Crippen LogP contribution in [0.3, 0.4) is 0 Å². The van der Waals surface area contributed by atoms with E-state index in [1.54, 1.807) is 11.3 Å². The Morgan fingerprint density at radius 3 is 2.59 bits per heavy atom. The summed E-state index contributed by atoms with van der Waals surface area (Å²) in [5.41, 5.74) is 1.43. The lowest BCUT2D eigenvalue weighted by atomic mass is 9.47. The van der Waals surface area contributed by atoms with Crippen LogP contribution < -0.4 is 5.32 Å². The zero-order chi connectivity index (χ0) is 24.5. The quantitative estimate of drug-likeness (QED) is 0.515. The fraction of sp³-hybridized carbons (Fsp3) is 0.630. The van der Waals surface area contributed by atoms with Gasteiger partial charge in [0.2, 0.25) is 5.91 Å². The van der Waals surface area contributed by atoms with Crippen molar-refractivity contribution in [2.45, 2.75) is 71.9 Å². The zero-order valence-corrected chi connectivity index (χ0v) is 21.7. The molecule has 0 spiro atoms. The largest absolute Gasteiger partial charge is 0.396 e. The smallest absolute Gasteiger partial charge is 0.223 e. The van der Waals surface area contributed by atoms with Crippen LogP contribution in [0.5, 0.6) is 0 Å². The van der Waals surface area contributed by atoms with E-state index in [4.69, 9.17) is 4.98 Å². The van der Waals surface area contributed by atoms with Gasteiger partial charge in [-0.25, -0.2) is 4.98 Å². The van der Waals surface area contributed by atoms with Crippen molar-refractivity contribution in [3.63, 3.8) is 0 Å². The van der Waals surface area contributed by atoms with E-state index in [0.29, 0.717) is 32.5 Å². The second-order valence-corrected chi connectivity index (χ2v) is 11.6. The number of thiazole rings is 1. The number of benzene rings is 1. The molecule has 1 amide bonds. The molecule has 34 heavy (non-hydrogen) atoms. The number of carbonyl (C=O) groups excluding carboxylic acids is 1. The molecule has 2 aliphatic carbocycles. The van der Waals surface area contributed by atoms with E-state index >= 15 is 0 Å². The second kappa shape index (κ2) is 9.96. The van der Waals surface area contributed by atoms with Gasteiger partial charge in [0.15, 0.2) is 5.13 Å². The summed E-state index contributed by atoms with van der Waals surface area (Å²) in [5.74, 6) is 0.209. The van der Waals surface area contributed by atoms with Crippen LogP contribution in [-0.4, -0.2) is 51.8 Å². The molecule has 1 aromatic heterocycles. The summed E-state index contributed by atoms with van der Waals surface area (Å²) in [6.45, 7) is 10.4. The number of aliphatic hydroxyl groups is 2. The van der Waals surface area contributed by atoms with Crippen LogP contribution in [0.1, 0.15) is 69.0 Å². The van der Waals surface area contributed by atoms with Crippen LogP contribution in [0.2, 0.25) is 0 Å². The van der Waals surface area contributed by atoms with Gasteiger partial charge in [0.05, 0.1) is 18.4 Å². The SMILES string of the molecule is CCN(CC)C(=O)C[C@H]1c2nc(NCc3ccccc3)sc2C[C@H]2[C@](C)(CO)[C@H](O)CC[C@]21C. The first-order valence-corrected chi connectivity index (χ1v) is 13.4. The molecule has 0 bridgehead atoms. The van der Waals surface area contributed by atoms with Crippen molar-refractivity contribution in [3.05, 3.63) is 46.5 Å². The molecular formula is C27H39N3O3S. The van der Waals surface area contributed by atoms with Crippen molar-refractivity contribution in [3.8, 4) is 0 Å². The first kappa shape index (κ1) is 25.1. The van der Waals surface area contributed by atoms with E-state index in [9.17, 15) is 15.0 Å². The fourth-order valence-electron chi connectivity index (χ4n) is 6.37. The highest BCUT2D eigenvalue weighted by Gasteiger charge is 2.59. The number of rotatable bonds is 8. The maximum Gasteiger partial charge on any atom is 0.223 e. The van der Waals surface area contributed by atoms with E-state index in [-0.39, 0.29) is 29.8 Å². The van der Waals surface area contributed by atoms with Crippen LogP contribution in [0.25, 0.3) is 0 Å². The molecule has 0 radical (unpaired) electrons. The molecule has 3 N–H and O–H groups in total. The normalized spacial score (nSPS) is 30.4. The maximum absolute atomic E-state index is 13.3. The molecule has 2 aliphatic rings.